The first-order chi connectivity index (χ1) is 11.4. The van der Waals surface area contributed by atoms with E-state index in [1.807, 2.05) is 6.92 Å². The molecule has 1 aliphatic carbocycles. The van der Waals surface area contributed by atoms with Crippen molar-refractivity contribution in [1.29, 1.82) is 0 Å². The number of aromatic nitrogens is 2. The Hall–Kier alpha value is -1.85. The predicted octanol–water partition coefficient (Wildman–Crippen LogP) is 2.86. The van der Waals surface area contributed by atoms with E-state index in [1.54, 1.807) is 10.7 Å². The number of nitrogens with zero attached hydrogens (tertiary/aromatic N) is 2. The van der Waals surface area contributed by atoms with Crippen LogP contribution >= 0.6 is 0 Å². The van der Waals surface area contributed by atoms with Crippen LogP contribution in [0, 0.1) is 11.8 Å². The molecular weight excluding hydrogens is 306 g/mol. The van der Waals surface area contributed by atoms with Crippen molar-refractivity contribution in [2.24, 2.45) is 11.8 Å². The van der Waals surface area contributed by atoms with Gasteiger partial charge < -0.3 is 10.4 Å². The largest absolute Gasteiger partial charge is 0.480 e. The molecule has 1 aromatic heterocycles. The van der Waals surface area contributed by atoms with Crippen LogP contribution in [0.4, 0.5) is 0 Å². The third kappa shape index (κ3) is 4.58. The van der Waals surface area contributed by atoms with Crippen molar-refractivity contribution in [3.05, 3.63) is 17.5 Å². The Balaban J connectivity index is 2.14. The minimum Gasteiger partial charge on any atom is -0.480 e. The van der Waals surface area contributed by atoms with Gasteiger partial charge in [-0.2, -0.15) is 5.10 Å². The van der Waals surface area contributed by atoms with Gasteiger partial charge in [-0.3, -0.25) is 9.48 Å². The predicted molar refractivity (Wildman–Crippen MR) is 91.9 cm³/mol. The van der Waals surface area contributed by atoms with Gasteiger partial charge in [-0.15, -0.1) is 0 Å². The van der Waals surface area contributed by atoms with E-state index in [0.717, 1.165) is 44.2 Å². The summed E-state index contributed by atoms with van der Waals surface area (Å²) in [6, 6.07) is 0.977. The van der Waals surface area contributed by atoms with E-state index >= 15 is 0 Å². The molecule has 1 aliphatic rings. The van der Waals surface area contributed by atoms with Crippen LogP contribution in [0.5, 0.6) is 0 Å². The topological polar surface area (TPSA) is 84.2 Å². The van der Waals surface area contributed by atoms with E-state index < -0.39 is 12.0 Å². The van der Waals surface area contributed by atoms with E-state index in [4.69, 9.17) is 0 Å². The number of carbonyl (C=O) groups is 2. The maximum atomic E-state index is 12.6. The fourth-order valence-corrected chi connectivity index (χ4v) is 3.48. The Morgan fingerprint density at radius 1 is 1.33 bits per heavy atom. The first-order valence-electron chi connectivity index (χ1n) is 9.02. The van der Waals surface area contributed by atoms with Crippen LogP contribution in [-0.2, 0) is 17.8 Å². The van der Waals surface area contributed by atoms with Crippen molar-refractivity contribution in [1.82, 2.24) is 15.1 Å². The Morgan fingerprint density at radius 3 is 2.54 bits per heavy atom. The number of nitrogens with one attached hydrogen (secondary N) is 1. The Kier molecular flexibility index (Phi) is 6.40. The lowest BCUT2D eigenvalue weighted by atomic mass is 9.84. The number of carbonyl (C=O) groups excluding carboxylic acids is 1. The molecule has 1 saturated carbocycles. The van der Waals surface area contributed by atoms with Gasteiger partial charge in [-0.25, -0.2) is 4.79 Å². The molecule has 0 unspecified atom stereocenters. The van der Waals surface area contributed by atoms with Crippen molar-refractivity contribution in [2.75, 3.05) is 0 Å². The third-order valence-electron chi connectivity index (χ3n) is 4.65. The molecule has 0 spiro atoms. The van der Waals surface area contributed by atoms with E-state index in [9.17, 15) is 14.7 Å². The van der Waals surface area contributed by atoms with Gasteiger partial charge in [-0.05, 0) is 44.1 Å². The number of amides is 1. The fraction of sp³-hybridized carbons (Fsp3) is 0.722. The van der Waals surface area contributed by atoms with Gasteiger partial charge in [0.25, 0.3) is 5.91 Å². The Bertz CT molecular complexity index is 574. The van der Waals surface area contributed by atoms with Gasteiger partial charge in [0.15, 0.2) is 0 Å². The lowest BCUT2D eigenvalue weighted by Gasteiger charge is -2.28. The minimum atomic E-state index is -0.944. The first kappa shape index (κ1) is 18.5. The highest BCUT2D eigenvalue weighted by Gasteiger charge is 2.31. The molecule has 2 N–H and O–H groups in total. The summed E-state index contributed by atoms with van der Waals surface area (Å²) in [4.78, 5) is 24.3. The van der Waals surface area contributed by atoms with Gasteiger partial charge in [0.1, 0.15) is 11.7 Å². The molecular formula is C18H29N3O3. The average Bonchev–Trinajstić information content (AvgIpc) is 2.95. The van der Waals surface area contributed by atoms with Crippen LogP contribution in [0.15, 0.2) is 6.07 Å². The molecule has 1 aromatic rings. The quantitative estimate of drug-likeness (QED) is 0.802. The van der Waals surface area contributed by atoms with Crippen LogP contribution in [0.3, 0.4) is 0 Å². The van der Waals surface area contributed by atoms with Crippen molar-refractivity contribution in [3.63, 3.8) is 0 Å². The number of aliphatic carboxylic acids is 1. The van der Waals surface area contributed by atoms with Crippen molar-refractivity contribution in [2.45, 2.75) is 71.9 Å². The molecule has 0 radical (unpaired) electrons. The second kappa shape index (κ2) is 8.31. The van der Waals surface area contributed by atoms with Gasteiger partial charge in [-0.1, -0.05) is 33.1 Å². The first-order valence-corrected chi connectivity index (χ1v) is 9.02. The Labute approximate surface area is 143 Å². The van der Waals surface area contributed by atoms with Crippen LogP contribution in [0.25, 0.3) is 0 Å². The molecule has 0 bridgehead atoms. The smallest absolute Gasteiger partial charge is 0.326 e. The molecule has 1 fully saturated rings. The van der Waals surface area contributed by atoms with E-state index in [1.165, 1.54) is 0 Å². The number of hydrogen-bond donors (Lipinski definition) is 2. The molecule has 0 saturated heterocycles. The Morgan fingerprint density at radius 2 is 2.00 bits per heavy atom. The van der Waals surface area contributed by atoms with Crippen LogP contribution < -0.4 is 5.32 Å². The van der Waals surface area contributed by atoms with Gasteiger partial charge in [0.05, 0.1) is 5.69 Å². The van der Waals surface area contributed by atoms with Crippen molar-refractivity contribution < 1.29 is 14.7 Å². The highest BCUT2D eigenvalue weighted by Crippen LogP contribution is 2.27. The highest BCUT2D eigenvalue weighted by molar-refractivity contribution is 5.95. The number of rotatable bonds is 7. The minimum absolute atomic E-state index is 0.0216. The maximum Gasteiger partial charge on any atom is 0.326 e. The maximum absolute atomic E-state index is 12.6. The SMILES string of the molecule is CCn1nc(CC(C)C)cc1C(=O)N[C@H](C(=O)O)C1CCCCC1. The van der Waals surface area contributed by atoms with Gasteiger partial charge in [0, 0.05) is 6.54 Å². The lowest BCUT2D eigenvalue weighted by Crippen LogP contribution is -2.47. The van der Waals surface area contributed by atoms with E-state index in [0.29, 0.717) is 18.2 Å². The van der Waals surface area contributed by atoms with Crippen molar-refractivity contribution >= 4 is 11.9 Å². The number of aryl methyl sites for hydroxylation is 1. The normalized spacial score (nSPS) is 17.0. The standard InChI is InChI=1S/C18H29N3O3/c1-4-21-15(11-14(20-21)10-12(2)3)17(22)19-16(18(23)24)13-8-6-5-7-9-13/h11-13,16H,4-10H2,1-3H3,(H,19,22)(H,23,24)/t16-/m0/s1. The zero-order valence-electron chi connectivity index (χ0n) is 14.9. The monoisotopic (exact) mass is 335 g/mol. The summed E-state index contributed by atoms with van der Waals surface area (Å²) in [5.74, 6) is -0.805. The average molecular weight is 335 g/mol. The van der Waals surface area contributed by atoms with Gasteiger partial charge >= 0.3 is 5.97 Å². The van der Waals surface area contributed by atoms with Crippen LogP contribution in [-0.4, -0.2) is 32.8 Å². The highest BCUT2D eigenvalue weighted by atomic mass is 16.4. The number of carboxylic acid groups (broad SMARTS) is 1. The molecule has 134 valence electrons. The molecule has 6 heteroatoms. The van der Waals surface area contributed by atoms with E-state index in [-0.39, 0.29) is 11.8 Å². The molecule has 0 aromatic carbocycles. The molecule has 1 atom stereocenters. The molecule has 1 heterocycles. The number of hydrogen-bond acceptors (Lipinski definition) is 3. The summed E-state index contributed by atoms with van der Waals surface area (Å²) in [5.41, 5.74) is 1.33. The lowest BCUT2D eigenvalue weighted by molar-refractivity contribution is -0.141. The molecule has 6 nitrogen and oxygen atoms in total. The molecule has 2 rings (SSSR count). The summed E-state index contributed by atoms with van der Waals surface area (Å²) >= 11 is 0. The van der Waals surface area contributed by atoms with Crippen LogP contribution in [0.2, 0.25) is 0 Å². The second-order valence-electron chi connectivity index (χ2n) is 7.12. The summed E-state index contributed by atoms with van der Waals surface area (Å²) in [6.07, 6.45) is 5.76. The number of carboxylic acids is 1. The molecule has 1 amide bonds. The molecule has 0 aliphatic heterocycles. The fourth-order valence-electron chi connectivity index (χ4n) is 3.48. The van der Waals surface area contributed by atoms with E-state index in [2.05, 4.69) is 24.3 Å². The van der Waals surface area contributed by atoms with Crippen LogP contribution in [0.1, 0.15) is 69.1 Å². The zero-order chi connectivity index (χ0) is 17.7. The van der Waals surface area contributed by atoms with Gasteiger partial charge in [0.2, 0.25) is 0 Å². The summed E-state index contributed by atoms with van der Waals surface area (Å²) in [6.45, 7) is 6.73. The summed E-state index contributed by atoms with van der Waals surface area (Å²) in [5, 5.41) is 16.7. The molecule has 24 heavy (non-hydrogen) atoms. The third-order valence-corrected chi connectivity index (χ3v) is 4.65. The summed E-state index contributed by atoms with van der Waals surface area (Å²) in [7, 11) is 0. The van der Waals surface area contributed by atoms with Crippen molar-refractivity contribution in [3.8, 4) is 0 Å². The second-order valence-corrected chi connectivity index (χ2v) is 7.12. The zero-order valence-corrected chi connectivity index (χ0v) is 14.9. The summed E-state index contributed by atoms with van der Waals surface area (Å²) < 4.78 is 1.66.